The van der Waals surface area contributed by atoms with Crippen LogP contribution in [0.1, 0.15) is 23.3 Å². The van der Waals surface area contributed by atoms with Crippen LogP contribution in [-0.2, 0) is 22.3 Å². The molecular formula is C14H16F3N5O2. The van der Waals surface area contributed by atoms with Gasteiger partial charge in [0.2, 0.25) is 5.91 Å². The van der Waals surface area contributed by atoms with Crippen molar-refractivity contribution in [3.05, 3.63) is 35.7 Å². The van der Waals surface area contributed by atoms with Crippen LogP contribution in [0.15, 0.2) is 18.5 Å². The van der Waals surface area contributed by atoms with Crippen LogP contribution in [0.4, 0.5) is 13.2 Å². The molecule has 0 spiro atoms. The van der Waals surface area contributed by atoms with Crippen LogP contribution < -0.4 is 0 Å². The van der Waals surface area contributed by atoms with Crippen molar-refractivity contribution in [1.82, 2.24) is 24.6 Å². The summed E-state index contributed by atoms with van der Waals surface area (Å²) in [5.74, 6) is 0.312. The number of carbonyl (C=O) groups excluding carboxylic acids is 1. The summed E-state index contributed by atoms with van der Waals surface area (Å²) in [6, 6.07) is 0.848. The Morgan fingerprint density at radius 1 is 1.50 bits per heavy atom. The number of morpholine rings is 1. The first-order valence-electron chi connectivity index (χ1n) is 7.34. The number of nitrogens with one attached hydrogen (secondary N) is 1. The number of aryl methyl sites for hydroxylation is 1. The molecule has 1 amide bonds. The van der Waals surface area contributed by atoms with E-state index in [4.69, 9.17) is 4.74 Å². The second-order valence-corrected chi connectivity index (χ2v) is 5.55. The summed E-state index contributed by atoms with van der Waals surface area (Å²) in [5.41, 5.74) is -0.130. The summed E-state index contributed by atoms with van der Waals surface area (Å²) in [5, 5.41) is 3.39. The summed E-state index contributed by atoms with van der Waals surface area (Å²) in [6.07, 6.45) is -2.08. The zero-order valence-corrected chi connectivity index (χ0v) is 12.9. The fourth-order valence-electron chi connectivity index (χ4n) is 2.48. The molecule has 0 radical (unpaired) electrons. The van der Waals surface area contributed by atoms with Crippen LogP contribution in [0.2, 0.25) is 0 Å². The minimum atomic E-state index is -4.52. The highest BCUT2D eigenvalue weighted by Crippen LogP contribution is 2.27. The van der Waals surface area contributed by atoms with Gasteiger partial charge in [0.05, 0.1) is 13.2 Å². The van der Waals surface area contributed by atoms with Crippen molar-refractivity contribution in [3.63, 3.8) is 0 Å². The first kappa shape index (κ1) is 16.5. The summed E-state index contributed by atoms with van der Waals surface area (Å²) in [7, 11) is 0. The first-order chi connectivity index (χ1) is 11.3. The van der Waals surface area contributed by atoms with Gasteiger partial charge in [0.25, 0.3) is 0 Å². The van der Waals surface area contributed by atoms with Gasteiger partial charge in [-0.05, 0) is 13.0 Å². The number of aromatic amines is 1. The fraction of sp³-hybridized carbons (Fsp3) is 0.500. The van der Waals surface area contributed by atoms with Gasteiger partial charge in [-0.25, -0.2) is 4.98 Å². The number of amides is 1. The molecule has 1 N–H and O–H groups in total. The van der Waals surface area contributed by atoms with Crippen molar-refractivity contribution in [1.29, 1.82) is 0 Å². The zero-order chi connectivity index (χ0) is 17.3. The average Bonchev–Trinajstić information content (AvgIpc) is 3.16. The quantitative estimate of drug-likeness (QED) is 0.917. The van der Waals surface area contributed by atoms with Crippen LogP contribution in [0.3, 0.4) is 0 Å². The molecular weight excluding hydrogens is 327 g/mol. The molecule has 1 aliphatic heterocycles. The maximum absolute atomic E-state index is 12.5. The third-order valence-corrected chi connectivity index (χ3v) is 3.68. The number of rotatable bonds is 3. The van der Waals surface area contributed by atoms with E-state index in [0.717, 1.165) is 22.6 Å². The van der Waals surface area contributed by atoms with Gasteiger partial charge >= 0.3 is 6.18 Å². The highest BCUT2D eigenvalue weighted by Gasteiger charge is 2.34. The van der Waals surface area contributed by atoms with Crippen LogP contribution in [-0.4, -0.2) is 50.3 Å². The average molecular weight is 343 g/mol. The molecule has 1 fully saturated rings. The second kappa shape index (κ2) is 6.27. The SMILES string of the molecule is Cc1cnc(C2CN(C(=O)Cn3ccc(C(F)(F)F)n3)CCO2)[nH]1. The standard InChI is InChI=1S/C14H16F3N5O2/c1-9-6-18-13(19-9)10-7-21(4-5-24-10)12(23)8-22-3-2-11(20-22)14(15,16)17/h2-3,6,10H,4-5,7-8H2,1H3,(H,18,19). The van der Waals surface area contributed by atoms with Crippen LogP contribution >= 0.6 is 0 Å². The Labute approximate surface area is 135 Å². The van der Waals surface area contributed by atoms with E-state index in [1.54, 1.807) is 11.1 Å². The molecule has 2 aromatic rings. The molecule has 2 aromatic heterocycles. The van der Waals surface area contributed by atoms with Gasteiger partial charge in [0.1, 0.15) is 18.5 Å². The molecule has 130 valence electrons. The van der Waals surface area contributed by atoms with Crippen molar-refractivity contribution < 1.29 is 22.7 Å². The Morgan fingerprint density at radius 2 is 2.29 bits per heavy atom. The lowest BCUT2D eigenvalue weighted by Crippen LogP contribution is -2.44. The van der Waals surface area contributed by atoms with Gasteiger partial charge in [-0.2, -0.15) is 18.3 Å². The van der Waals surface area contributed by atoms with Gasteiger partial charge in [0, 0.05) is 24.6 Å². The Hall–Kier alpha value is -2.36. The number of nitrogens with zero attached hydrogens (tertiary/aromatic N) is 4. The molecule has 1 atom stereocenters. The Kier molecular flexibility index (Phi) is 4.31. The van der Waals surface area contributed by atoms with E-state index in [9.17, 15) is 18.0 Å². The topological polar surface area (TPSA) is 76.0 Å². The van der Waals surface area contributed by atoms with Crippen molar-refractivity contribution in [3.8, 4) is 0 Å². The maximum Gasteiger partial charge on any atom is 0.435 e. The Morgan fingerprint density at radius 3 is 2.92 bits per heavy atom. The Bertz CT molecular complexity index is 724. The third-order valence-electron chi connectivity index (χ3n) is 3.68. The molecule has 0 bridgehead atoms. The molecule has 7 nitrogen and oxygen atoms in total. The van der Waals surface area contributed by atoms with Crippen molar-refractivity contribution >= 4 is 5.91 Å². The van der Waals surface area contributed by atoms with Crippen molar-refractivity contribution in [2.75, 3.05) is 19.7 Å². The second-order valence-electron chi connectivity index (χ2n) is 5.55. The van der Waals surface area contributed by atoms with E-state index in [0.29, 0.717) is 25.5 Å². The van der Waals surface area contributed by atoms with Crippen LogP contribution in [0.25, 0.3) is 0 Å². The highest BCUT2D eigenvalue weighted by molar-refractivity contribution is 5.76. The Balaban J connectivity index is 1.63. The van der Waals surface area contributed by atoms with Gasteiger partial charge in [-0.3, -0.25) is 9.48 Å². The number of ether oxygens (including phenoxy) is 1. The lowest BCUT2D eigenvalue weighted by molar-refractivity contribution is -0.143. The summed E-state index contributed by atoms with van der Waals surface area (Å²) >= 11 is 0. The minimum absolute atomic E-state index is 0.250. The van der Waals surface area contributed by atoms with Gasteiger partial charge in [-0.15, -0.1) is 0 Å². The predicted molar refractivity (Wildman–Crippen MR) is 75.8 cm³/mol. The number of carbonyl (C=O) groups is 1. The molecule has 0 aliphatic carbocycles. The van der Waals surface area contributed by atoms with Crippen molar-refractivity contribution in [2.24, 2.45) is 0 Å². The first-order valence-corrected chi connectivity index (χ1v) is 7.34. The summed E-state index contributed by atoms with van der Waals surface area (Å²) < 4.78 is 44.2. The van der Waals surface area contributed by atoms with Crippen LogP contribution in [0.5, 0.6) is 0 Å². The highest BCUT2D eigenvalue weighted by atomic mass is 19.4. The molecule has 3 heterocycles. The molecule has 24 heavy (non-hydrogen) atoms. The lowest BCUT2D eigenvalue weighted by Gasteiger charge is -2.32. The van der Waals surface area contributed by atoms with E-state index < -0.39 is 11.9 Å². The normalized spacial score (nSPS) is 18.8. The third kappa shape index (κ3) is 3.58. The molecule has 3 rings (SSSR count). The zero-order valence-electron chi connectivity index (χ0n) is 12.9. The van der Waals surface area contributed by atoms with Gasteiger partial charge in [0.15, 0.2) is 5.69 Å². The molecule has 10 heteroatoms. The van der Waals surface area contributed by atoms with E-state index in [1.165, 1.54) is 0 Å². The van der Waals surface area contributed by atoms with Crippen molar-refractivity contribution in [2.45, 2.75) is 25.7 Å². The van der Waals surface area contributed by atoms with E-state index in [2.05, 4.69) is 15.1 Å². The molecule has 0 saturated carbocycles. The molecule has 1 aliphatic rings. The predicted octanol–water partition coefficient (Wildman–Crippen LogP) is 1.53. The number of imidazole rings is 1. The molecule has 1 saturated heterocycles. The summed E-state index contributed by atoms with van der Waals surface area (Å²) in [6.45, 7) is 2.61. The number of halogens is 3. The van der Waals surface area contributed by atoms with E-state index >= 15 is 0 Å². The number of alkyl halides is 3. The smallest absolute Gasteiger partial charge is 0.367 e. The molecule has 1 unspecified atom stereocenters. The number of aromatic nitrogens is 4. The molecule has 0 aromatic carbocycles. The van der Waals surface area contributed by atoms with Gasteiger partial charge < -0.3 is 14.6 Å². The number of H-pyrrole nitrogens is 1. The minimum Gasteiger partial charge on any atom is -0.367 e. The fourth-order valence-corrected chi connectivity index (χ4v) is 2.48. The number of hydrogen-bond donors (Lipinski definition) is 1. The van der Waals surface area contributed by atoms with Gasteiger partial charge in [-0.1, -0.05) is 0 Å². The maximum atomic E-state index is 12.5. The van der Waals surface area contributed by atoms with E-state index in [-0.39, 0.29) is 18.6 Å². The monoisotopic (exact) mass is 343 g/mol. The largest absolute Gasteiger partial charge is 0.435 e. The van der Waals surface area contributed by atoms with E-state index in [1.807, 2.05) is 6.92 Å². The summed E-state index contributed by atoms with van der Waals surface area (Å²) in [4.78, 5) is 21.1. The van der Waals surface area contributed by atoms with Crippen LogP contribution in [0, 0.1) is 6.92 Å². The number of hydrogen-bond acceptors (Lipinski definition) is 4. The lowest BCUT2D eigenvalue weighted by atomic mass is 10.2.